The smallest absolute Gasteiger partial charge is 0.228 e. The van der Waals surface area contributed by atoms with Gasteiger partial charge >= 0.3 is 0 Å². The van der Waals surface area contributed by atoms with Crippen molar-refractivity contribution >= 4 is 23.2 Å². The van der Waals surface area contributed by atoms with Crippen molar-refractivity contribution in [3.63, 3.8) is 0 Å². The first kappa shape index (κ1) is 17.8. The quantitative estimate of drug-likeness (QED) is 0.870. The molecule has 1 aliphatic rings. The molecule has 0 bridgehead atoms. The van der Waals surface area contributed by atoms with Crippen LogP contribution in [0, 0.1) is 5.92 Å². The molecule has 2 aromatic carbocycles. The number of nitrogens with one attached hydrogen (secondary N) is 1. The van der Waals surface area contributed by atoms with E-state index < -0.39 is 0 Å². The Labute approximate surface area is 153 Å². The Morgan fingerprint density at radius 3 is 2.76 bits per heavy atom. The van der Waals surface area contributed by atoms with Crippen LogP contribution in [0.4, 0.5) is 5.69 Å². The number of hydrogen-bond donors (Lipinski definition) is 1. The second kappa shape index (κ2) is 8.37. The van der Waals surface area contributed by atoms with Gasteiger partial charge in [0.05, 0.1) is 18.7 Å². The van der Waals surface area contributed by atoms with E-state index in [4.69, 9.17) is 16.3 Å². The third-order valence-electron chi connectivity index (χ3n) is 4.56. The fourth-order valence-electron chi connectivity index (χ4n) is 3.24. The molecule has 1 saturated heterocycles. The molecule has 4 nitrogen and oxygen atoms in total. The number of ether oxygens (including phenoxy) is 1. The Bertz CT molecular complexity index is 718. The summed E-state index contributed by atoms with van der Waals surface area (Å²) in [4.78, 5) is 15.0. The Kier molecular flexibility index (Phi) is 5.95. The van der Waals surface area contributed by atoms with E-state index >= 15 is 0 Å². The molecule has 0 radical (unpaired) electrons. The van der Waals surface area contributed by atoms with Gasteiger partial charge in [0.15, 0.2) is 0 Å². The highest BCUT2D eigenvalue weighted by Gasteiger charge is 2.26. The third-order valence-corrected chi connectivity index (χ3v) is 4.81. The van der Waals surface area contributed by atoms with Gasteiger partial charge < -0.3 is 10.1 Å². The highest BCUT2D eigenvalue weighted by molar-refractivity contribution is 6.30. The van der Waals surface area contributed by atoms with Gasteiger partial charge in [-0.3, -0.25) is 9.69 Å². The van der Waals surface area contributed by atoms with Crippen LogP contribution in [0.5, 0.6) is 5.75 Å². The van der Waals surface area contributed by atoms with Crippen molar-refractivity contribution in [3.8, 4) is 5.75 Å². The van der Waals surface area contributed by atoms with Crippen LogP contribution >= 0.6 is 11.6 Å². The van der Waals surface area contributed by atoms with Crippen molar-refractivity contribution in [3.05, 3.63) is 59.1 Å². The first-order chi connectivity index (χ1) is 12.2. The monoisotopic (exact) mass is 358 g/mol. The predicted molar refractivity (Wildman–Crippen MR) is 101 cm³/mol. The first-order valence-electron chi connectivity index (χ1n) is 8.56. The summed E-state index contributed by atoms with van der Waals surface area (Å²) in [6, 6.07) is 15.4. The van der Waals surface area contributed by atoms with E-state index in [0.29, 0.717) is 5.75 Å². The van der Waals surface area contributed by atoms with Crippen molar-refractivity contribution in [1.29, 1.82) is 0 Å². The van der Waals surface area contributed by atoms with Crippen molar-refractivity contribution in [1.82, 2.24) is 4.90 Å². The van der Waals surface area contributed by atoms with Gasteiger partial charge in [0.25, 0.3) is 0 Å². The van der Waals surface area contributed by atoms with Crippen LogP contribution in [0.3, 0.4) is 0 Å². The standard InChI is InChI=1S/C20H23ClN2O2/c1-25-19-7-3-2-6-18(19)22-20(24)16-5-4-12-23(14-16)13-15-8-10-17(21)11-9-15/h2-3,6-11,16H,4-5,12-14H2,1H3,(H,22,24)/t16-/m0/s1. The maximum Gasteiger partial charge on any atom is 0.228 e. The van der Waals surface area contributed by atoms with Crippen LogP contribution in [0.1, 0.15) is 18.4 Å². The van der Waals surface area contributed by atoms with E-state index in [1.54, 1.807) is 7.11 Å². The number of methoxy groups -OCH3 is 1. The van der Waals surface area contributed by atoms with Gasteiger partial charge in [0.2, 0.25) is 5.91 Å². The number of piperidine rings is 1. The lowest BCUT2D eigenvalue weighted by Crippen LogP contribution is -2.40. The Morgan fingerprint density at radius 1 is 1.24 bits per heavy atom. The first-order valence-corrected chi connectivity index (χ1v) is 8.94. The van der Waals surface area contributed by atoms with Gasteiger partial charge in [-0.1, -0.05) is 35.9 Å². The molecule has 1 amide bonds. The fourth-order valence-corrected chi connectivity index (χ4v) is 3.37. The van der Waals surface area contributed by atoms with Crippen LogP contribution in [-0.2, 0) is 11.3 Å². The summed E-state index contributed by atoms with van der Waals surface area (Å²) < 4.78 is 5.31. The van der Waals surface area contributed by atoms with Gasteiger partial charge in [0.1, 0.15) is 5.75 Å². The van der Waals surface area contributed by atoms with E-state index in [1.807, 2.05) is 48.5 Å². The van der Waals surface area contributed by atoms with Crippen LogP contribution < -0.4 is 10.1 Å². The minimum atomic E-state index is -0.00837. The van der Waals surface area contributed by atoms with Crippen LogP contribution in [-0.4, -0.2) is 31.0 Å². The topological polar surface area (TPSA) is 41.6 Å². The van der Waals surface area contributed by atoms with Gasteiger partial charge in [-0.2, -0.15) is 0 Å². The van der Waals surface area contributed by atoms with E-state index in [9.17, 15) is 4.79 Å². The summed E-state index contributed by atoms with van der Waals surface area (Å²) in [5.41, 5.74) is 1.94. The fraction of sp³-hybridized carbons (Fsp3) is 0.350. The summed E-state index contributed by atoms with van der Waals surface area (Å²) in [7, 11) is 1.61. The molecule has 5 heteroatoms. The summed E-state index contributed by atoms with van der Waals surface area (Å²) >= 11 is 5.94. The molecule has 1 aliphatic heterocycles. The lowest BCUT2D eigenvalue weighted by molar-refractivity contribution is -0.121. The molecule has 0 aromatic heterocycles. The van der Waals surface area contributed by atoms with Gasteiger partial charge in [-0.15, -0.1) is 0 Å². The van der Waals surface area contributed by atoms with Gasteiger partial charge in [-0.05, 0) is 49.2 Å². The number of hydrogen-bond acceptors (Lipinski definition) is 3. The second-order valence-corrected chi connectivity index (χ2v) is 6.83. The molecule has 2 aromatic rings. The molecule has 0 unspecified atom stereocenters. The van der Waals surface area contributed by atoms with Gasteiger partial charge in [-0.25, -0.2) is 0 Å². The molecule has 0 spiro atoms. The van der Waals surface area contributed by atoms with Crippen molar-refractivity contribution in [2.75, 3.05) is 25.5 Å². The number of nitrogens with zero attached hydrogens (tertiary/aromatic N) is 1. The van der Waals surface area contributed by atoms with Crippen molar-refractivity contribution in [2.24, 2.45) is 5.92 Å². The average Bonchev–Trinajstić information content (AvgIpc) is 2.64. The Morgan fingerprint density at radius 2 is 2.00 bits per heavy atom. The minimum Gasteiger partial charge on any atom is -0.495 e. The van der Waals surface area contributed by atoms with E-state index in [-0.39, 0.29) is 11.8 Å². The normalized spacial score (nSPS) is 17.9. The van der Waals surface area contributed by atoms with Crippen molar-refractivity contribution < 1.29 is 9.53 Å². The summed E-state index contributed by atoms with van der Waals surface area (Å²) in [6.45, 7) is 2.63. The maximum absolute atomic E-state index is 12.7. The van der Waals surface area contributed by atoms with Crippen molar-refractivity contribution in [2.45, 2.75) is 19.4 Å². The second-order valence-electron chi connectivity index (χ2n) is 6.39. The lowest BCUT2D eigenvalue weighted by atomic mass is 9.96. The number of halogens is 1. The molecule has 0 aliphatic carbocycles. The number of carbonyl (C=O) groups excluding carboxylic acids is 1. The Balaban J connectivity index is 1.60. The SMILES string of the molecule is COc1ccccc1NC(=O)[C@H]1CCCN(Cc2ccc(Cl)cc2)C1. The number of amides is 1. The van der Waals surface area contributed by atoms with E-state index in [2.05, 4.69) is 10.2 Å². The van der Waals surface area contributed by atoms with E-state index in [1.165, 1.54) is 5.56 Å². The minimum absolute atomic E-state index is 0.00837. The molecule has 1 N–H and O–H groups in total. The molecule has 0 saturated carbocycles. The lowest BCUT2D eigenvalue weighted by Gasteiger charge is -2.32. The average molecular weight is 359 g/mol. The molecule has 1 atom stereocenters. The molecular formula is C20H23ClN2O2. The molecule has 1 fully saturated rings. The highest BCUT2D eigenvalue weighted by Crippen LogP contribution is 2.26. The summed E-state index contributed by atoms with van der Waals surface area (Å²) in [6.07, 6.45) is 1.94. The number of rotatable bonds is 5. The molecule has 132 valence electrons. The summed E-state index contributed by atoms with van der Waals surface area (Å²) in [5, 5.41) is 3.76. The zero-order chi connectivity index (χ0) is 17.6. The number of benzene rings is 2. The number of carbonyl (C=O) groups is 1. The predicted octanol–water partition coefficient (Wildman–Crippen LogP) is 4.20. The third kappa shape index (κ3) is 4.74. The van der Waals surface area contributed by atoms with E-state index in [0.717, 1.165) is 43.2 Å². The zero-order valence-electron chi connectivity index (χ0n) is 14.4. The highest BCUT2D eigenvalue weighted by atomic mass is 35.5. The number of anilines is 1. The van der Waals surface area contributed by atoms with Crippen LogP contribution in [0.2, 0.25) is 5.02 Å². The Hall–Kier alpha value is -2.04. The number of para-hydroxylation sites is 2. The molecule has 25 heavy (non-hydrogen) atoms. The zero-order valence-corrected chi connectivity index (χ0v) is 15.1. The molecular weight excluding hydrogens is 336 g/mol. The molecule has 3 rings (SSSR count). The van der Waals surface area contributed by atoms with Crippen LogP contribution in [0.15, 0.2) is 48.5 Å². The molecule has 1 heterocycles. The largest absolute Gasteiger partial charge is 0.495 e. The van der Waals surface area contributed by atoms with Gasteiger partial charge in [0, 0.05) is 18.1 Å². The summed E-state index contributed by atoms with van der Waals surface area (Å²) in [5.74, 6) is 0.737. The number of likely N-dealkylation sites (tertiary alicyclic amines) is 1. The maximum atomic E-state index is 12.7. The van der Waals surface area contributed by atoms with Crippen LogP contribution in [0.25, 0.3) is 0 Å².